The average molecular weight is 590 g/mol. The number of benzene rings is 3. The molecule has 3 aromatic carbocycles. The summed E-state index contributed by atoms with van der Waals surface area (Å²) in [5.41, 5.74) is 3.02. The van der Waals surface area contributed by atoms with Gasteiger partial charge in [-0.3, -0.25) is 4.57 Å². The maximum atomic E-state index is 6.27. The molecule has 4 aromatic rings. The molecule has 1 atom stereocenters. The molecule has 0 fully saturated rings. The molecule has 2 heterocycles. The van der Waals surface area contributed by atoms with Gasteiger partial charge in [-0.2, -0.15) is 0 Å². The molecule has 1 unspecified atom stereocenters. The summed E-state index contributed by atoms with van der Waals surface area (Å²) in [7, 11) is 0. The first-order valence-electron chi connectivity index (χ1n) is 10.4. The van der Waals surface area contributed by atoms with Crippen LogP contribution in [0.3, 0.4) is 0 Å². The number of hydrogen-bond donors (Lipinski definition) is 1. The smallest absolute Gasteiger partial charge is 0.150 e. The van der Waals surface area contributed by atoms with E-state index in [0.29, 0.717) is 24.8 Å². The number of anilines is 1. The van der Waals surface area contributed by atoms with E-state index in [9.17, 15) is 0 Å². The van der Waals surface area contributed by atoms with Gasteiger partial charge < -0.3 is 14.8 Å². The van der Waals surface area contributed by atoms with Gasteiger partial charge in [0.15, 0.2) is 5.75 Å². The lowest BCUT2D eigenvalue weighted by atomic mass is 10.0. The Bertz CT molecular complexity index is 1280. The summed E-state index contributed by atoms with van der Waals surface area (Å²) in [5.74, 6) is 2.43. The Labute approximate surface area is 214 Å². The molecule has 1 aromatic heterocycles. The lowest BCUT2D eigenvalue weighted by molar-refractivity contribution is 0.0606. The van der Waals surface area contributed by atoms with E-state index in [1.165, 1.54) is 0 Å². The summed E-state index contributed by atoms with van der Waals surface area (Å²) in [4.78, 5) is 4.75. The van der Waals surface area contributed by atoms with Gasteiger partial charge in [-0.15, -0.1) is 0 Å². The summed E-state index contributed by atoms with van der Waals surface area (Å²) < 4.78 is 15.8. The van der Waals surface area contributed by atoms with Crippen molar-refractivity contribution >= 4 is 49.1 Å². The van der Waals surface area contributed by atoms with Crippen LogP contribution in [0.25, 0.3) is 0 Å². The number of aromatic nitrogens is 2. The molecule has 1 aliphatic heterocycles. The fourth-order valence-electron chi connectivity index (χ4n) is 3.85. The van der Waals surface area contributed by atoms with Crippen molar-refractivity contribution in [3.8, 4) is 11.5 Å². The van der Waals surface area contributed by atoms with Crippen molar-refractivity contribution < 1.29 is 9.47 Å². The summed E-state index contributed by atoms with van der Waals surface area (Å²) in [6, 6.07) is 23.7. The Morgan fingerprint density at radius 1 is 1.00 bits per heavy atom. The minimum atomic E-state index is -0.0741. The van der Waals surface area contributed by atoms with Gasteiger partial charge in [-0.05, 0) is 61.7 Å². The van der Waals surface area contributed by atoms with Crippen molar-refractivity contribution in [3.63, 3.8) is 0 Å². The van der Waals surface area contributed by atoms with Gasteiger partial charge in [-0.25, -0.2) is 4.98 Å². The van der Waals surface area contributed by atoms with Crippen LogP contribution in [0, 0.1) is 0 Å². The average Bonchev–Trinajstić information content (AvgIpc) is 2.99. The molecule has 0 spiro atoms. The van der Waals surface area contributed by atoms with Gasteiger partial charge in [0.1, 0.15) is 27.5 Å². The van der Waals surface area contributed by atoms with Crippen molar-refractivity contribution in [2.24, 2.45) is 0 Å². The highest BCUT2D eigenvalue weighted by atomic mass is 79.9. The summed E-state index contributed by atoms with van der Waals surface area (Å²) >= 11 is 13.5. The molecule has 5 rings (SSSR count). The first-order valence-corrected chi connectivity index (χ1v) is 12.4. The Hall–Kier alpha value is -2.32. The molecule has 168 valence electrons. The minimum absolute atomic E-state index is 0.0741. The van der Waals surface area contributed by atoms with Gasteiger partial charge in [0.2, 0.25) is 0 Å². The van der Waals surface area contributed by atoms with Gasteiger partial charge in [-0.1, -0.05) is 60.1 Å². The number of halogens is 3. The Morgan fingerprint density at radius 3 is 2.64 bits per heavy atom. The van der Waals surface area contributed by atoms with Crippen molar-refractivity contribution in [1.29, 1.82) is 0 Å². The molecule has 1 N–H and O–H groups in total. The van der Waals surface area contributed by atoms with Gasteiger partial charge >= 0.3 is 0 Å². The third-order valence-electron chi connectivity index (χ3n) is 5.45. The zero-order valence-corrected chi connectivity index (χ0v) is 21.4. The van der Waals surface area contributed by atoms with Gasteiger partial charge in [0, 0.05) is 17.0 Å². The van der Waals surface area contributed by atoms with E-state index in [1.807, 2.05) is 59.2 Å². The molecule has 0 aliphatic carbocycles. The zero-order chi connectivity index (χ0) is 22.8. The van der Waals surface area contributed by atoms with Crippen LogP contribution >= 0.6 is 43.5 Å². The zero-order valence-electron chi connectivity index (χ0n) is 17.5. The molecule has 0 radical (unpaired) electrons. The molecule has 8 heteroatoms. The van der Waals surface area contributed by atoms with Crippen LogP contribution in [0.1, 0.15) is 23.0 Å². The first kappa shape index (κ1) is 22.5. The topological polar surface area (TPSA) is 48.3 Å². The normalized spacial score (nSPS) is 14.6. The van der Waals surface area contributed by atoms with E-state index >= 15 is 0 Å². The van der Waals surface area contributed by atoms with Crippen molar-refractivity contribution in [3.05, 3.63) is 104 Å². The number of nitrogens with one attached hydrogen (secondary N) is 1. The fourth-order valence-corrected chi connectivity index (χ4v) is 4.84. The van der Waals surface area contributed by atoms with E-state index < -0.39 is 0 Å². The molecular formula is C25H20Br2ClN3O2. The first-order chi connectivity index (χ1) is 16.1. The highest BCUT2D eigenvalue weighted by molar-refractivity contribution is 9.13. The minimum Gasteiger partial charge on any atom is -0.455 e. The third-order valence-corrected chi connectivity index (χ3v) is 7.57. The fraction of sp³-hybridized carbons (Fsp3) is 0.160. The third kappa shape index (κ3) is 4.96. The Kier molecular flexibility index (Phi) is 6.74. The Balaban J connectivity index is 1.42. The van der Waals surface area contributed by atoms with Crippen molar-refractivity contribution in [2.75, 3.05) is 5.32 Å². The summed E-state index contributed by atoms with van der Waals surface area (Å²) in [6.07, 6.45) is 0.616. The number of para-hydroxylation sites is 1. The quantitative estimate of drug-likeness (QED) is 0.250. The van der Waals surface area contributed by atoms with Crippen LogP contribution in [-0.4, -0.2) is 9.55 Å². The van der Waals surface area contributed by atoms with E-state index in [0.717, 1.165) is 43.3 Å². The predicted octanol–water partition coefficient (Wildman–Crippen LogP) is 7.74. The van der Waals surface area contributed by atoms with E-state index in [4.69, 9.17) is 26.1 Å². The SMILES string of the molecule is Clc1ccc2c(c1)NC(Cc1nc(Br)c(Br)n1COCc1ccccc1)c1ccccc1O2. The van der Waals surface area contributed by atoms with E-state index in [1.54, 1.807) is 0 Å². The second kappa shape index (κ2) is 9.89. The maximum absolute atomic E-state index is 6.27. The summed E-state index contributed by atoms with van der Waals surface area (Å²) in [6.45, 7) is 0.892. The molecule has 0 saturated heterocycles. The summed E-state index contributed by atoms with van der Waals surface area (Å²) in [5, 5.41) is 4.26. The van der Waals surface area contributed by atoms with Crippen molar-refractivity contribution in [2.45, 2.75) is 25.8 Å². The maximum Gasteiger partial charge on any atom is 0.150 e. The van der Waals surface area contributed by atoms with E-state index in [-0.39, 0.29) is 6.04 Å². The molecule has 0 amide bonds. The molecule has 5 nitrogen and oxygen atoms in total. The van der Waals surface area contributed by atoms with Crippen LogP contribution < -0.4 is 10.1 Å². The lowest BCUT2D eigenvalue weighted by Crippen LogP contribution is -2.17. The number of rotatable bonds is 6. The molecular weight excluding hydrogens is 570 g/mol. The van der Waals surface area contributed by atoms with Crippen LogP contribution in [0.2, 0.25) is 5.02 Å². The molecule has 0 bridgehead atoms. The van der Waals surface area contributed by atoms with Crippen LogP contribution in [0.4, 0.5) is 5.69 Å². The standard InChI is InChI=1S/C25H20Br2ClN3O2/c26-24-25(27)31(15-32-14-16-6-2-1-3-7-16)23(30-24)13-19-18-8-4-5-9-21(18)33-22-11-10-17(28)12-20(22)29-19/h1-12,19,29H,13-15H2. The molecule has 1 aliphatic rings. The number of nitrogens with zero attached hydrogens (tertiary/aromatic N) is 2. The second-order valence-electron chi connectivity index (χ2n) is 7.68. The number of fused-ring (bicyclic) bond motifs is 2. The number of imidazole rings is 1. The number of hydrogen-bond acceptors (Lipinski definition) is 4. The van der Waals surface area contributed by atoms with E-state index in [2.05, 4.69) is 55.4 Å². The van der Waals surface area contributed by atoms with Crippen LogP contribution in [0.5, 0.6) is 11.5 Å². The second-order valence-corrected chi connectivity index (χ2v) is 9.62. The molecule has 33 heavy (non-hydrogen) atoms. The monoisotopic (exact) mass is 587 g/mol. The Morgan fingerprint density at radius 2 is 1.79 bits per heavy atom. The number of ether oxygens (including phenoxy) is 2. The molecule has 0 saturated carbocycles. The van der Waals surface area contributed by atoms with Crippen LogP contribution in [0.15, 0.2) is 82.0 Å². The van der Waals surface area contributed by atoms with Crippen LogP contribution in [-0.2, 0) is 24.5 Å². The predicted molar refractivity (Wildman–Crippen MR) is 137 cm³/mol. The van der Waals surface area contributed by atoms with Crippen molar-refractivity contribution in [1.82, 2.24) is 9.55 Å². The lowest BCUT2D eigenvalue weighted by Gasteiger charge is -2.20. The van der Waals surface area contributed by atoms with Gasteiger partial charge in [0.05, 0.1) is 18.3 Å². The van der Waals surface area contributed by atoms with Gasteiger partial charge in [0.25, 0.3) is 0 Å². The highest BCUT2D eigenvalue weighted by Crippen LogP contribution is 2.42. The largest absolute Gasteiger partial charge is 0.455 e. The highest BCUT2D eigenvalue weighted by Gasteiger charge is 2.26.